The first kappa shape index (κ1) is 14.0. The van der Waals surface area contributed by atoms with Crippen LogP contribution in [-0.4, -0.2) is 14.5 Å². The molecule has 3 rings (SSSR count). The number of aryl methyl sites for hydroxylation is 1. The number of rotatable bonds is 4. The molecule has 2 aliphatic rings. The minimum Gasteiger partial charge on any atom is -0.326 e. The van der Waals surface area contributed by atoms with Crippen LogP contribution in [-0.2, 0) is 16.6 Å². The van der Waals surface area contributed by atoms with Gasteiger partial charge < -0.3 is 5.73 Å². The Balaban J connectivity index is 1.84. The monoisotopic (exact) mass is 294 g/mol. The fourth-order valence-corrected chi connectivity index (χ4v) is 5.33. The summed E-state index contributed by atoms with van der Waals surface area (Å²) in [6.45, 7) is 2.19. The molecule has 0 saturated heterocycles. The molecular weight excluding hydrogens is 272 g/mol. The first-order chi connectivity index (χ1) is 9.49. The molecule has 1 aromatic carbocycles. The van der Waals surface area contributed by atoms with Crippen molar-refractivity contribution >= 4 is 10.0 Å². The zero-order chi connectivity index (χ0) is 14.3. The molecular formula is C15H22N2O2S. The number of sulfonamides is 1. The highest BCUT2D eigenvalue weighted by Gasteiger charge is 2.41. The molecule has 2 fully saturated rings. The number of fused-ring (bicyclic) bond motifs is 2. The van der Waals surface area contributed by atoms with Gasteiger partial charge in [0.25, 0.3) is 0 Å². The molecule has 2 aliphatic carbocycles. The van der Waals surface area contributed by atoms with Crippen LogP contribution in [0.4, 0.5) is 0 Å². The van der Waals surface area contributed by atoms with Crippen LogP contribution in [0.1, 0.15) is 36.8 Å². The molecule has 0 radical (unpaired) electrons. The summed E-state index contributed by atoms with van der Waals surface area (Å²) < 4.78 is 28.1. The lowest BCUT2D eigenvalue weighted by atomic mass is 9.96. The van der Waals surface area contributed by atoms with Crippen molar-refractivity contribution in [3.63, 3.8) is 0 Å². The molecule has 3 unspecified atom stereocenters. The molecule has 3 atom stereocenters. The third kappa shape index (κ3) is 2.50. The summed E-state index contributed by atoms with van der Waals surface area (Å²) in [4.78, 5) is 0.378. The third-order valence-electron chi connectivity index (χ3n) is 4.82. The van der Waals surface area contributed by atoms with Crippen LogP contribution in [0, 0.1) is 18.8 Å². The predicted octanol–water partition coefficient (Wildman–Crippen LogP) is 1.92. The molecule has 20 heavy (non-hydrogen) atoms. The van der Waals surface area contributed by atoms with Crippen LogP contribution in [0.2, 0.25) is 0 Å². The van der Waals surface area contributed by atoms with Crippen LogP contribution >= 0.6 is 0 Å². The second kappa shape index (κ2) is 5.13. The summed E-state index contributed by atoms with van der Waals surface area (Å²) in [5.41, 5.74) is 7.24. The Kier molecular flexibility index (Phi) is 3.60. The van der Waals surface area contributed by atoms with Crippen molar-refractivity contribution in [1.29, 1.82) is 0 Å². The average molecular weight is 294 g/mol. The van der Waals surface area contributed by atoms with E-state index in [9.17, 15) is 8.42 Å². The standard InChI is InChI=1S/C15H22N2O2S/c1-10-2-3-12(9-16)8-15(10)20(18,19)17-14-7-11-4-5-13(14)6-11/h2-3,8,11,13-14,17H,4-7,9,16H2,1H3. The van der Waals surface area contributed by atoms with Crippen molar-refractivity contribution in [3.05, 3.63) is 29.3 Å². The van der Waals surface area contributed by atoms with Crippen LogP contribution in [0.15, 0.2) is 23.1 Å². The molecule has 0 aromatic heterocycles. The molecule has 110 valence electrons. The first-order valence-electron chi connectivity index (χ1n) is 7.31. The fourth-order valence-electron chi connectivity index (χ4n) is 3.71. The smallest absolute Gasteiger partial charge is 0.241 e. The molecule has 4 nitrogen and oxygen atoms in total. The van der Waals surface area contributed by atoms with Gasteiger partial charge in [-0.15, -0.1) is 0 Å². The molecule has 0 heterocycles. The largest absolute Gasteiger partial charge is 0.326 e. The van der Waals surface area contributed by atoms with Gasteiger partial charge in [0.05, 0.1) is 4.90 Å². The van der Waals surface area contributed by atoms with Crippen molar-refractivity contribution in [2.75, 3.05) is 0 Å². The molecule has 2 saturated carbocycles. The number of nitrogens with one attached hydrogen (secondary N) is 1. The van der Waals surface area contributed by atoms with E-state index in [-0.39, 0.29) is 6.04 Å². The van der Waals surface area contributed by atoms with Crippen molar-refractivity contribution in [3.8, 4) is 0 Å². The maximum atomic E-state index is 12.6. The van der Waals surface area contributed by atoms with Gasteiger partial charge >= 0.3 is 0 Å². The molecule has 1 aromatic rings. The normalized spacial score (nSPS) is 29.0. The summed E-state index contributed by atoms with van der Waals surface area (Å²) in [7, 11) is -3.43. The maximum Gasteiger partial charge on any atom is 0.241 e. The highest BCUT2D eigenvalue weighted by atomic mass is 32.2. The van der Waals surface area contributed by atoms with E-state index < -0.39 is 10.0 Å². The lowest BCUT2D eigenvalue weighted by molar-refractivity contribution is 0.390. The van der Waals surface area contributed by atoms with Crippen molar-refractivity contribution < 1.29 is 8.42 Å². The molecule has 2 bridgehead atoms. The average Bonchev–Trinajstić information content (AvgIpc) is 3.01. The highest BCUT2D eigenvalue weighted by molar-refractivity contribution is 7.89. The van der Waals surface area contributed by atoms with E-state index in [1.807, 2.05) is 19.1 Å². The van der Waals surface area contributed by atoms with Crippen LogP contribution in [0.25, 0.3) is 0 Å². The van der Waals surface area contributed by atoms with Crippen molar-refractivity contribution in [2.45, 2.75) is 50.1 Å². The summed E-state index contributed by atoms with van der Waals surface area (Å²) in [6.07, 6.45) is 4.62. The highest BCUT2D eigenvalue weighted by Crippen LogP contribution is 2.44. The van der Waals surface area contributed by atoms with Crippen LogP contribution in [0.5, 0.6) is 0 Å². The van der Waals surface area contributed by atoms with Crippen molar-refractivity contribution in [1.82, 2.24) is 4.72 Å². The van der Waals surface area contributed by atoms with E-state index in [4.69, 9.17) is 5.73 Å². The number of nitrogens with two attached hydrogens (primary N) is 1. The number of hydrogen-bond acceptors (Lipinski definition) is 3. The Morgan fingerprint density at radius 1 is 1.30 bits per heavy atom. The maximum absolute atomic E-state index is 12.6. The van der Waals surface area contributed by atoms with Gasteiger partial charge in [0.15, 0.2) is 0 Å². The first-order valence-corrected chi connectivity index (χ1v) is 8.80. The Labute approximate surface area is 120 Å². The minimum atomic E-state index is -3.43. The summed E-state index contributed by atoms with van der Waals surface area (Å²) in [5, 5.41) is 0. The number of hydrogen-bond donors (Lipinski definition) is 2. The third-order valence-corrected chi connectivity index (χ3v) is 6.45. The van der Waals surface area contributed by atoms with Gasteiger partial charge in [0.2, 0.25) is 10.0 Å². The second-order valence-corrected chi connectivity index (χ2v) is 7.89. The predicted molar refractivity (Wildman–Crippen MR) is 78.6 cm³/mol. The summed E-state index contributed by atoms with van der Waals surface area (Å²) in [5.74, 6) is 1.26. The minimum absolute atomic E-state index is 0.125. The zero-order valence-electron chi connectivity index (χ0n) is 11.8. The van der Waals surface area contributed by atoms with E-state index in [0.29, 0.717) is 17.4 Å². The zero-order valence-corrected chi connectivity index (χ0v) is 12.6. The Morgan fingerprint density at radius 2 is 2.10 bits per heavy atom. The molecule has 0 amide bonds. The van der Waals surface area contributed by atoms with Crippen LogP contribution in [0.3, 0.4) is 0 Å². The molecule has 0 spiro atoms. The number of benzene rings is 1. The lowest BCUT2D eigenvalue weighted by Gasteiger charge is -2.23. The van der Waals surface area contributed by atoms with E-state index in [1.54, 1.807) is 6.07 Å². The molecule has 5 heteroatoms. The van der Waals surface area contributed by atoms with Gasteiger partial charge in [-0.3, -0.25) is 0 Å². The SMILES string of the molecule is Cc1ccc(CN)cc1S(=O)(=O)NC1CC2CCC1C2. The quantitative estimate of drug-likeness (QED) is 0.891. The Morgan fingerprint density at radius 3 is 2.70 bits per heavy atom. The van der Waals surface area contributed by atoms with Gasteiger partial charge in [-0.1, -0.05) is 18.6 Å². The van der Waals surface area contributed by atoms with Crippen LogP contribution < -0.4 is 10.5 Å². The van der Waals surface area contributed by atoms with Gasteiger partial charge in [-0.05, 0) is 55.2 Å². The Hall–Kier alpha value is -0.910. The fraction of sp³-hybridized carbons (Fsp3) is 0.600. The Bertz CT molecular complexity index is 612. The topological polar surface area (TPSA) is 72.2 Å². The molecule has 0 aliphatic heterocycles. The van der Waals surface area contributed by atoms with E-state index >= 15 is 0 Å². The summed E-state index contributed by atoms with van der Waals surface area (Å²) >= 11 is 0. The van der Waals surface area contributed by atoms with Gasteiger partial charge in [0, 0.05) is 12.6 Å². The van der Waals surface area contributed by atoms with Gasteiger partial charge in [-0.2, -0.15) is 0 Å². The lowest BCUT2D eigenvalue weighted by Crippen LogP contribution is -2.38. The molecule has 3 N–H and O–H groups in total. The van der Waals surface area contributed by atoms with Gasteiger partial charge in [-0.25, -0.2) is 13.1 Å². The van der Waals surface area contributed by atoms with E-state index in [0.717, 1.165) is 23.5 Å². The van der Waals surface area contributed by atoms with E-state index in [1.165, 1.54) is 19.3 Å². The second-order valence-electron chi connectivity index (χ2n) is 6.21. The summed E-state index contributed by atoms with van der Waals surface area (Å²) in [6, 6.07) is 5.54. The van der Waals surface area contributed by atoms with E-state index in [2.05, 4.69) is 4.72 Å². The van der Waals surface area contributed by atoms with Gasteiger partial charge in [0.1, 0.15) is 0 Å². The van der Waals surface area contributed by atoms with Crippen molar-refractivity contribution in [2.24, 2.45) is 17.6 Å².